The average Bonchev–Trinajstić information content (AvgIpc) is 2.16. The Bertz CT molecular complexity index is 316. The van der Waals surface area contributed by atoms with Gasteiger partial charge in [-0.2, -0.15) is 0 Å². The number of aliphatic hydroxyl groups is 1. The van der Waals surface area contributed by atoms with Gasteiger partial charge >= 0.3 is 5.82 Å². The van der Waals surface area contributed by atoms with E-state index >= 15 is 0 Å². The van der Waals surface area contributed by atoms with Crippen molar-refractivity contribution in [3.8, 4) is 0 Å². The molecule has 0 saturated heterocycles. The summed E-state index contributed by atoms with van der Waals surface area (Å²) in [6, 6.07) is 2.26. The van der Waals surface area contributed by atoms with E-state index in [4.69, 9.17) is 10.8 Å². The van der Waals surface area contributed by atoms with E-state index in [1.165, 1.54) is 18.3 Å². The monoisotopic (exact) mass is 183 g/mol. The number of pyridine rings is 1. The van der Waals surface area contributed by atoms with Crippen molar-refractivity contribution < 1.29 is 10.0 Å². The van der Waals surface area contributed by atoms with E-state index in [9.17, 15) is 10.1 Å². The summed E-state index contributed by atoms with van der Waals surface area (Å²) in [5, 5.41) is 19.2. The van der Waals surface area contributed by atoms with Gasteiger partial charge in [0.05, 0.1) is 18.2 Å². The van der Waals surface area contributed by atoms with E-state index in [1.807, 2.05) is 0 Å². The van der Waals surface area contributed by atoms with Gasteiger partial charge in [-0.15, -0.1) is 0 Å². The molecule has 1 heterocycles. The second kappa shape index (κ2) is 3.92. The Hall–Kier alpha value is -1.53. The first-order valence-corrected chi connectivity index (χ1v) is 3.62. The lowest BCUT2D eigenvalue weighted by Crippen LogP contribution is -2.16. The van der Waals surface area contributed by atoms with Crippen LogP contribution in [0.15, 0.2) is 18.3 Å². The number of aliphatic hydroxyl groups excluding tert-OH is 1. The topological polar surface area (TPSA) is 102 Å². The third-order valence-electron chi connectivity index (χ3n) is 1.59. The fraction of sp³-hybridized carbons (Fsp3) is 0.286. The molecule has 6 nitrogen and oxygen atoms in total. The van der Waals surface area contributed by atoms with Gasteiger partial charge in [-0.25, -0.2) is 0 Å². The standard InChI is InChI=1S/C7H9N3O3/c8-6(4-11)5-2-1-3-9-7(5)10(12)13/h1-3,6,11H,4,8H2. The van der Waals surface area contributed by atoms with Gasteiger partial charge in [0.1, 0.15) is 6.20 Å². The van der Waals surface area contributed by atoms with Crippen LogP contribution in [0.3, 0.4) is 0 Å². The highest BCUT2D eigenvalue weighted by Gasteiger charge is 2.18. The molecule has 3 N–H and O–H groups in total. The van der Waals surface area contributed by atoms with Crippen molar-refractivity contribution in [2.45, 2.75) is 6.04 Å². The number of nitro groups is 1. The Balaban J connectivity index is 3.11. The number of nitrogens with two attached hydrogens (primary N) is 1. The van der Waals surface area contributed by atoms with Crippen molar-refractivity contribution in [3.63, 3.8) is 0 Å². The zero-order chi connectivity index (χ0) is 9.84. The number of hydrogen-bond donors (Lipinski definition) is 2. The Kier molecular flexibility index (Phi) is 2.88. The van der Waals surface area contributed by atoms with E-state index < -0.39 is 11.0 Å². The number of aromatic nitrogens is 1. The smallest absolute Gasteiger partial charge is 0.368 e. The molecular weight excluding hydrogens is 174 g/mol. The first-order valence-electron chi connectivity index (χ1n) is 3.62. The normalized spacial score (nSPS) is 12.5. The van der Waals surface area contributed by atoms with Gasteiger partial charge in [0.15, 0.2) is 0 Å². The fourth-order valence-electron chi connectivity index (χ4n) is 0.950. The Labute approximate surface area is 74.2 Å². The molecule has 70 valence electrons. The van der Waals surface area contributed by atoms with Crippen LogP contribution in [0.25, 0.3) is 0 Å². The number of hydrogen-bond acceptors (Lipinski definition) is 5. The Morgan fingerprint density at radius 2 is 2.46 bits per heavy atom. The van der Waals surface area contributed by atoms with Crippen molar-refractivity contribution in [2.75, 3.05) is 6.61 Å². The molecule has 13 heavy (non-hydrogen) atoms. The fourth-order valence-corrected chi connectivity index (χ4v) is 0.950. The van der Waals surface area contributed by atoms with Gasteiger partial charge in [0.2, 0.25) is 0 Å². The van der Waals surface area contributed by atoms with Gasteiger partial charge < -0.3 is 21.0 Å². The van der Waals surface area contributed by atoms with Crippen LogP contribution in [0.4, 0.5) is 5.82 Å². The summed E-state index contributed by atoms with van der Waals surface area (Å²) < 4.78 is 0. The van der Waals surface area contributed by atoms with Crippen LogP contribution < -0.4 is 5.73 Å². The molecule has 0 radical (unpaired) electrons. The van der Waals surface area contributed by atoms with Crippen LogP contribution in [-0.2, 0) is 0 Å². The number of nitrogens with zero attached hydrogens (tertiary/aromatic N) is 2. The van der Waals surface area contributed by atoms with Gasteiger partial charge in [-0.05, 0) is 22.0 Å². The summed E-state index contributed by atoms with van der Waals surface area (Å²) >= 11 is 0. The highest BCUT2D eigenvalue weighted by atomic mass is 16.6. The minimum atomic E-state index is -0.755. The van der Waals surface area contributed by atoms with Crippen LogP contribution in [0, 0.1) is 10.1 Å². The second-order valence-electron chi connectivity index (χ2n) is 2.46. The zero-order valence-corrected chi connectivity index (χ0v) is 6.75. The quantitative estimate of drug-likeness (QED) is 0.506. The maximum Gasteiger partial charge on any atom is 0.368 e. The van der Waals surface area contributed by atoms with Crippen LogP contribution >= 0.6 is 0 Å². The predicted molar refractivity (Wildman–Crippen MR) is 44.9 cm³/mol. The molecule has 0 bridgehead atoms. The molecule has 0 aromatic carbocycles. The first-order chi connectivity index (χ1) is 6.16. The molecule has 1 rings (SSSR count). The van der Waals surface area contributed by atoms with Crippen LogP contribution in [0.2, 0.25) is 0 Å². The second-order valence-corrected chi connectivity index (χ2v) is 2.46. The van der Waals surface area contributed by atoms with Crippen LogP contribution in [-0.4, -0.2) is 21.6 Å². The third-order valence-corrected chi connectivity index (χ3v) is 1.59. The van der Waals surface area contributed by atoms with Crippen molar-refractivity contribution in [2.24, 2.45) is 5.73 Å². The highest BCUT2D eigenvalue weighted by Crippen LogP contribution is 2.19. The van der Waals surface area contributed by atoms with E-state index in [2.05, 4.69) is 4.98 Å². The molecule has 0 aliphatic carbocycles. The third kappa shape index (κ3) is 1.98. The molecule has 0 saturated carbocycles. The lowest BCUT2D eigenvalue weighted by atomic mass is 10.1. The van der Waals surface area contributed by atoms with Crippen molar-refractivity contribution in [3.05, 3.63) is 34.0 Å². The van der Waals surface area contributed by atoms with Crippen molar-refractivity contribution >= 4 is 5.82 Å². The molecule has 1 aromatic rings. The largest absolute Gasteiger partial charge is 0.394 e. The first kappa shape index (κ1) is 9.56. The van der Waals surface area contributed by atoms with Gasteiger partial charge in [0.25, 0.3) is 0 Å². The van der Waals surface area contributed by atoms with E-state index in [-0.39, 0.29) is 18.0 Å². The molecule has 0 aliphatic heterocycles. The van der Waals surface area contributed by atoms with Gasteiger partial charge in [0, 0.05) is 0 Å². The molecule has 0 amide bonds. The summed E-state index contributed by atoms with van der Waals surface area (Å²) in [6.07, 6.45) is 1.31. The van der Waals surface area contributed by atoms with E-state index in [0.29, 0.717) is 0 Å². The molecule has 1 unspecified atom stereocenters. The summed E-state index contributed by atoms with van der Waals surface area (Å²) in [6.45, 7) is -0.341. The summed E-state index contributed by atoms with van der Waals surface area (Å²) in [5.74, 6) is -0.302. The van der Waals surface area contributed by atoms with Gasteiger partial charge in [-0.1, -0.05) is 0 Å². The van der Waals surface area contributed by atoms with E-state index in [1.54, 1.807) is 0 Å². The minimum absolute atomic E-state index is 0.245. The lowest BCUT2D eigenvalue weighted by molar-refractivity contribution is -0.390. The minimum Gasteiger partial charge on any atom is -0.394 e. The lowest BCUT2D eigenvalue weighted by Gasteiger charge is -2.07. The van der Waals surface area contributed by atoms with Crippen molar-refractivity contribution in [1.29, 1.82) is 0 Å². The van der Waals surface area contributed by atoms with Crippen molar-refractivity contribution in [1.82, 2.24) is 4.98 Å². The molecule has 1 atom stereocenters. The Morgan fingerprint density at radius 1 is 1.77 bits per heavy atom. The maximum atomic E-state index is 10.4. The van der Waals surface area contributed by atoms with Crippen LogP contribution in [0.1, 0.15) is 11.6 Å². The summed E-state index contributed by atoms with van der Waals surface area (Å²) in [7, 11) is 0. The zero-order valence-electron chi connectivity index (χ0n) is 6.75. The van der Waals surface area contributed by atoms with Gasteiger partial charge in [-0.3, -0.25) is 0 Å². The number of rotatable bonds is 3. The average molecular weight is 183 g/mol. The highest BCUT2D eigenvalue weighted by molar-refractivity contribution is 5.34. The van der Waals surface area contributed by atoms with E-state index in [0.717, 1.165) is 0 Å². The maximum absolute atomic E-state index is 10.4. The van der Waals surface area contributed by atoms with Crippen LogP contribution in [0.5, 0.6) is 0 Å². The molecular formula is C7H9N3O3. The summed E-state index contributed by atoms with van der Waals surface area (Å²) in [5.41, 5.74) is 5.68. The molecule has 0 aliphatic rings. The molecule has 0 fully saturated rings. The molecule has 0 spiro atoms. The summed E-state index contributed by atoms with van der Waals surface area (Å²) in [4.78, 5) is 13.4. The molecule has 1 aromatic heterocycles. The SMILES string of the molecule is NC(CO)c1cccnc1[N+](=O)[O-]. The Morgan fingerprint density at radius 3 is 3.00 bits per heavy atom. The predicted octanol–water partition coefficient (Wildman–Crippen LogP) is -0.0181. The molecule has 6 heteroatoms.